The van der Waals surface area contributed by atoms with Crippen molar-refractivity contribution in [3.63, 3.8) is 0 Å². The fourth-order valence-electron chi connectivity index (χ4n) is 5.45. The van der Waals surface area contributed by atoms with Crippen LogP contribution in [-0.2, 0) is 4.79 Å². The van der Waals surface area contributed by atoms with Crippen molar-refractivity contribution in [1.29, 1.82) is 0 Å². The number of benzene rings is 1. The molecule has 1 amide bonds. The molecule has 0 radical (unpaired) electrons. The van der Waals surface area contributed by atoms with Crippen molar-refractivity contribution in [1.82, 2.24) is 14.7 Å². The van der Waals surface area contributed by atoms with Crippen molar-refractivity contribution in [3.05, 3.63) is 29.8 Å². The lowest BCUT2D eigenvalue weighted by atomic mass is 9.93. The SMILES string of the molecule is CCN1CCC(C(=O)N2CCCC(N3CCN(c4ccccc4C)CC3)C2)CC1. The van der Waals surface area contributed by atoms with Crippen LogP contribution in [0, 0.1) is 12.8 Å². The van der Waals surface area contributed by atoms with Crippen LogP contribution in [0.2, 0.25) is 0 Å². The third kappa shape index (κ3) is 4.77. The van der Waals surface area contributed by atoms with Crippen molar-refractivity contribution < 1.29 is 4.79 Å². The molecule has 0 N–H and O–H groups in total. The number of carbonyl (C=O) groups is 1. The zero-order chi connectivity index (χ0) is 20.2. The topological polar surface area (TPSA) is 30.0 Å². The minimum Gasteiger partial charge on any atom is -0.369 e. The van der Waals surface area contributed by atoms with Crippen molar-refractivity contribution in [2.24, 2.45) is 5.92 Å². The number of carbonyl (C=O) groups excluding carboxylic acids is 1. The Balaban J connectivity index is 1.29. The third-order valence-electron chi connectivity index (χ3n) is 7.38. The quantitative estimate of drug-likeness (QED) is 0.780. The van der Waals surface area contributed by atoms with Gasteiger partial charge in [-0.25, -0.2) is 0 Å². The van der Waals surface area contributed by atoms with Gasteiger partial charge in [0.2, 0.25) is 5.91 Å². The molecular formula is C24H38N4O. The van der Waals surface area contributed by atoms with Crippen LogP contribution in [0.25, 0.3) is 0 Å². The molecule has 3 saturated heterocycles. The van der Waals surface area contributed by atoms with Crippen LogP contribution in [0.15, 0.2) is 24.3 Å². The number of piperazine rings is 1. The molecule has 29 heavy (non-hydrogen) atoms. The van der Waals surface area contributed by atoms with E-state index in [1.165, 1.54) is 17.7 Å². The number of rotatable bonds is 4. The van der Waals surface area contributed by atoms with Crippen LogP contribution < -0.4 is 4.90 Å². The summed E-state index contributed by atoms with van der Waals surface area (Å²) in [4.78, 5) is 23.0. The van der Waals surface area contributed by atoms with Gasteiger partial charge in [-0.15, -0.1) is 0 Å². The smallest absolute Gasteiger partial charge is 0.225 e. The monoisotopic (exact) mass is 398 g/mol. The lowest BCUT2D eigenvalue weighted by Gasteiger charge is -2.45. The molecule has 0 spiro atoms. The molecule has 0 bridgehead atoms. The molecule has 1 atom stereocenters. The standard InChI is InChI=1S/C24H38N4O/c1-3-25-13-10-21(11-14-25)24(29)28-12-6-8-22(19-28)26-15-17-27(18-16-26)23-9-5-4-7-20(23)2/h4-5,7,9,21-22H,3,6,8,10-19H2,1-2H3. The highest BCUT2D eigenvalue weighted by atomic mass is 16.2. The Hall–Kier alpha value is -1.59. The lowest BCUT2D eigenvalue weighted by Crippen LogP contribution is -2.56. The Kier molecular flexibility index (Phi) is 6.76. The summed E-state index contributed by atoms with van der Waals surface area (Å²) < 4.78 is 0. The van der Waals surface area contributed by atoms with E-state index in [4.69, 9.17) is 0 Å². The molecule has 3 aliphatic heterocycles. The summed E-state index contributed by atoms with van der Waals surface area (Å²) in [7, 11) is 0. The molecule has 1 aromatic rings. The third-order valence-corrected chi connectivity index (χ3v) is 7.38. The van der Waals surface area contributed by atoms with Crippen LogP contribution in [0.5, 0.6) is 0 Å². The molecule has 4 rings (SSSR count). The molecule has 3 fully saturated rings. The first-order valence-corrected chi connectivity index (χ1v) is 11.7. The second-order valence-electron chi connectivity index (χ2n) is 9.10. The second kappa shape index (κ2) is 9.48. The molecule has 0 saturated carbocycles. The average Bonchev–Trinajstić information content (AvgIpc) is 2.79. The Morgan fingerprint density at radius 3 is 2.38 bits per heavy atom. The first-order chi connectivity index (χ1) is 14.2. The Labute approximate surface area is 176 Å². The van der Waals surface area contributed by atoms with Crippen molar-refractivity contribution in [2.45, 2.75) is 45.6 Å². The van der Waals surface area contributed by atoms with Crippen LogP contribution in [0.3, 0.4) is 0 Å². The maximum Gasteiger partial charge on any atom is 0.225 e. The summed E-state index contributed by atoms with van der Waals surface area (Å²) in [6, 6.07) is 9.26. The zero-order valence-corrected chi connectivity index (χ0v) is 18.4. The largest absolute Gasteiger partial charge is 0.369 e. The summed E-state index contributed by atoms with van der Waals surface area (Å²) in [5.74, 6) is 0.693. The molecule has 3 heterocycles. The van der Waals surface area contributed by atoms with Crippen LogP contribution in [0.4, 0.5) is 5.69 Å². The number of hydrogen-bond acceptors (Lipinski definition) is 4. The van der Waals surface area contributed by atoms with Gasteiger partial charge in [-0.05, 0) is 63.9 Å². The second-order valence-corrected chi connectivity index (χ2v) is 9.10. The average molecular weight is 399 g/mol. The summed E-state index contributed by atoms with van der Waals surface area (Å²) in [5.41, 5.74) is 2.75. The summed E-state index contributed by atoms with van der Waals surface area (Å²) in [6.07, 6.45) is 4.48. The Morgan fingerprint density at radius 1 is 0.966 bits per heavy atom. The minimum absolute atomic E-state index is 0.259. The highest BCUT2D eigenvalue weighted by Crippen LogP contribution is 2.25. The molecule has 160 valence electrons. The maximum atomic E-state index is 13.1. The van der Waals surface area contributed by atoms with Gasteiger partial charge in [0.1, 0.15) is 0 Å². The van der Waals surface area contributed by atoms with Crippen LogP contribution in [-0.4, -0.2) is 85.6 Å². The number of likely N-dealkylation sites (tertiary alicyclic amines) is 2. The van der Waals surface area contributed by atoms with E-state index < -0.39 is 0 Å². The van der Waals surface area contributed by atoms with E-state index in [2.05, 4.69) is 57.7 Å². The fourth-order valence-corrected chi connectivity index (χ4v) is 5.45. The summed E-state index contributed by atoms with van der Waals surface area (Å²) in [5, 5.41) is 0. The first kappa shape index (κ1) is 20.7. The van der Waals surface area contributed by atoms with Gasteiger partial charge >= 0.3 is 0 Å². The highest BCUT2D eigenvalue weighted by molar-refractivity contribution is 5.79. The number of amides is 1. The number of hydrogen-bond donors (Lipinski definition) is 0. The van der Waals surface area contributed by atoms with Crippen molar-refractivity contribution in [2.75, 3.05) is 63.8 Å². The van der Waals surface area contributed by atoms with Gasteiger partial charge < -0.3 is 14.7 Å². The van der Waals surface area contributed by atoms with Gasteiger partial charge in [0.05, 0.1) is 0 Å². The summed E-state index contributed by atoms with van der Waals surface area (Å²) in [6.45, 7) is 14.0. The fraction of sp³-hybridized carbons (Fsp3) is 0.708. The normalized spacial score (nSPS) is 25.4. The lowest BCUT2D eigenvalue weighted by molar-refractivity contribution is -0.139. The van der Waals surface area contributed by atoms with Gasteiger partial charge in [0.25, 0.3) is 0 Å². The van der Waals surface area contributed by atoms with Crippen molar-refractivity contribution >= 4 is 11.6 Å². The van der Waals surface area contributed by atoms with E-state index in [1.54, 1.807) is 0 Å². The predicted octanol–water partition coefficient (Wildman–Crippen LogP) is 2.84. The van der Waals surface area contributed by atoms with Gasteiger partial charge in [-0.3, -0.25) is 9.69 Å². The number of nitrogens with zero attached hydrogens (tertiary/aromatic N) is 4. The van der Waals surface area contributed by atoms with E-state index in [0.717, 1.165) is 78.2 Å². The first-order valence-electron chi connectivity index (χ1n) is 11.7. The highest BCUT2D eigenvalue weighted by Gasteiger charge is 2.33. The van der Waals surface area contributed by atoms with Gasteiger partial charge in [-0.1, -0.05) is 25.1 Å². The van der Waals surface area contributed by atoms with E-state index >= 15 is 0 Å². The molecule has 0 aromatic heterocycles. The molecule has 0 aliphatic carbocycles. The van der Waals surface area contributed by atoms with E-state index in [1.807, 2.05) is 0 Å². The molecule has 5 nitrogen and oxygen atoms in total. The van der Waals surface area contributed by atoms with Crippen molar-refractivity contribution in [3.8, 4) is 0 Å². The number of anilines is 1. The predicted molar refractivity (Wildman–Crippen MR) is 119 cm³/mol. The molecule has 5 heteroatoms. The molecule has 3 aliphatic rings. The van der Waals surface area contributed by atoms with E-state index in [0.29, 0.717) is 11.9 Å². The summed E-state index contributed by atoms with van der Waals surface area (Å²) >= 11 is 0. The number of para-hydroxylation sites is 1. The number of aryl methyl sites for hydroxylation is 1. The molecular weight excluding hydrogens is 360 g/mol. The molecule has 1 aromatic carbocycles. The Morgan fingerprint density at radius 2 is 1.69 bits per heavy atom. The number of piperidine rings is 2. The molecule has 1 unspecified atom stereocenters. The minimum atomic E-state index is 0.259. The van der Waals surface area contributed by atoms with Gasteiger partial charge in [0, 0.05) is 56.9 Å². The maximum absolute atomic E-state index is 13.1. The van der Waals surface area contributed by atoms with Gasteiger partial charge in [-0.2, -0.15) is 0 Å². The van der Waals surface area contributed by atoms with Gasteiger partial charge in [0.15, 0.2) is 0 Å². The van der Waals surface area contributed by atoms with E-state index in [9.17, 15) is 4.79 Å². The zero-order valence-electron chi connectivity index (χ0n) is 18.4. The van der Waals surface area contributed by atoms with E-state index in [-0.39, 0.29) is 5.92 Å². The Bertz CT molecular complexity index is 677. The van der Waals surface area contributed by atoms with Crippen LogP contribution >= 0.6 is 0 Å². The van der Waals surface area contributed by atoms with Crippen LogP contribution in [0.1, 0.15) is 38.2 Å².